The van der Waals surface area contributed by atoms with Gasteiger partial charge in [-0.25, -0.2) is 4.79 Å². The van der Waals surface area contributed by atoms with Gasteiger partial charge in [-0.15, -0.1) is 5.10 Å². The van der Waals surface area contributed by atoms with Crippen molar-refractivity contribution in [1.82, 2.24) is 20.5 Å². The average molecular weight is 241 g/mol. The second-order valence-corrected chi connectivity index (χ2v) is 4.67. The van der Waals surface area contributed by atoms with Crippen molar-refractivity contribution in [3.05, 3.63) is 5.82 Å². The molecule has 4 N–H and O–H groups in total. The highest BCUT2D eigenvalue weighted by molar-refractivity contribution is 5.67. The molecule has 96 valence electrons. The number of carbonyl (C=O) groups is 1. The summed E-state index contributed by atoms with van der Waals surface area (Å²) in [6.45, 7) is 5.99. The lowest BCUT2D eigenvalue weighted by Crippen LogP contribution is -2.33. The Morgan fingerprint density at radius 3 is 2.76 bits per heavy atom. The van der Waals surface area contributed by atoms with Crippen LogP contribution in [0.2, 0.25) is 0 Å². The van der Waals surface area contributed by atoms with Gasteiger partial charge in [0.05, 0.1) is 0 Å². The topological polar surface area (TPSA) is 106 Å². The number of nitrogens with two attached hydrogens (primary N) is 1. The maximum absolute atomic E-state index is 11.3. The first kappa shape index (κ1) is 13.3. The fourth-order valence-corrected chi connectivity index (χ4v) is 1.18. The number of amides is 1. The van der Waals surface area contributed by atoms with E-state index >= 15 is 0 Å². The summed E-state index contributed by atoms with van der Waals surface area (Å²) in [6, 6.07) is 0. The highest BCUT2D eigenvalue weighted by Crippen LogP contribution is 2.06. The van der Waals surface area contributed by atoms with Gasteiger partial charge in [0, 0.05) is 13.0 Å². The van der Waals surface area contributed by atoms with Crippen molar-refractivity contribution in [1.29, 1.82) is 0 Å². The van der Waals surface area contributed by atoms with Crippen molar-refractivity contribution in [2.24, 2.45) is 0 Å². The van der Waals surface area contributed by atoms with Gasteiger partial charge in [-0.3, -0.25) is 5.10 Å². The first-order valence-corrected chi connectivity index (χ1v) is 5.50. The summed E-state index contributed by atoms with van der Waals surface area (Å²) in [5, 5.41) is 9.07. The summed E-state index contributed by atoms with van der Waals surface area (Å²) < 4.78 is 5.09. The molecule has 0 spiro atoms. The Balaban J connectivity index is 2.14. The number of aromatic nitrogens is 3. The number of aromatic amines is 1. The Labute approximate surface area is 100 Å². The van der Waals surface area contributed by atoms with Crippen LogP contribution in [-0.2, 0) is 11.2 Å². The molecule has 17 heavy (non-hydrogen) atoms. The molecule has 0 aliphatic carbocycles. The van der Waals surface area contributed by atoms with Crippen LogP contribution in [0.15, 0.2) is 0 Å². The highest BCUT2D eigenvalue weighted by Gasteiger charge is 2.15. The van der Waals surface area contributed by atoms with Crippen molar-refractivity contribution in [3.63, 3.8) is 0 Å². The van der Waals surface area contributed by atoms with Crippen LogP contribution in [0.5, 0.6) is 0 Å². The first-order chi connectivity index (χ1) is 7.87. The van der Waals surface area contributed by atoms with Gasteiger partial charge in [0.1, 0.15) is 11.4 Å². The zero-order chi connectivity index (χ0) is 12.9. The van der Waals surface area contributed by atoms with Gasteiger partial charge in [0.15, 0.2) is 0 Å². The second-order valence-electron chi connectivity index (χ2n) is 4.67. The van der Waals surface area contributed by atoms with E-state index in [0.29, 0.717) is 18.8 Å². The molecular weight excluding hydrogens is 222 g/mol. The summed E-state index contributed by atoms with van der Waals surface area (Å²) in [5.41, 5.74) is 4.89. The number of nitrogens with zero attached hydrogens (tertiary/aromatic N) is 2. The molecule has 0 aromatic carbocycles. The van der Waals surface area contributed by atoms with E-state index in [1.165, 1.54) is 0 Å². The molecule has 1 heterocycles. The maximum Gasteiger partial charge on any atom is 0.407 e. The van der Waals surface area contributed by atoms with Gasteiger partial charge in [0.2, 0.25) is 5.95 Å². The van der Waals surface area contributed by atoms with E-state index in [0.717, 1.165) is 6.42 Å². The minimum Gasteiger partial charge on any atom is -0.444 e. The predicted molar refractivity (Wildman–Crippen MR) is 63.4 cm³/mol. The van der Waals surface area contributed by atoms with E-state index in [4.69, 9.17) is 10.5 Å². The normalized spacial score (nSPS) is 11.2. The Morgan fingerprint density at radius 2 is 2.24 bits per heavy atom. The van der Waals surface area contributed by atoms with Crippen LogP contribution < -0.4 is 11.1 Å². The van der Waals surface area contributed by atoms with Crippen molar-refractivity contribution in [3.8, 4) is 0 Å². The highest BCUT2D eigenvalue weighted by atomic mass is 16.6. The molecule has 0 unspecified atom stereocenters. The molecule has 0 bridgehead atoms. The SMILES string of the molecule is CC(C)(C)OC(=O)NCCCc1nc(N)n[nH]1. The molecule has 0 radical (unpaired) electrons. The lowest BCUT2D eigenvalue weighted by Gasteiger charge is -2.19. The third-order valence-corrected chi connectivity index (χ3v) is 1.81. The zero-order valence-corrected chi connectivity index (χ0v) is 10.4. The van der Waals surface area contributed by atoms with E-state index in [-0.39, 0.29) is 5.95 Å². The van der Waals surface area contributed by atoms with Gasteiger partial charge in [-0.2, -0.15) is 4.98 Å². The smallest absolute Gasteiger partial charge is 0.407 e. The Hall–Kier alpha value is -1.79. The van der Waals surface area contributed by atoms with Gasteiger partial charge < -0.3 is 15.8 Å². The summed E-state index contributed by atoms with van der Waals surface area (Å²) in [4.78, 5) is 15.2. The molecule has 1 aromatic rings. The van der Waals surface area contributed by atoms with Crippen LogP contribution in [0.4, 0.5) is 10.7 Å². The summed E-state index contributed by atoms with van der Waals surface area (Å²) >= 11 is 0. The number of carbonyl (C=O) groups excluding carboxylic acids is 1. The van der Waals surface area contributed by atoms with Crippen LogP contribution in [-0.4, -0.2) is 33.4 Å². The number of nitrogens with one attached hydrogen (secondary N) is 2. The number of nitrogen functional groups attached to an aromatic ring is 1. The molecule has 0 saturated carbocycles. The van der Waals surface area contributed by atoms with Crippen LogP contribution >= 0.6 is 0 Å². The van der Waals surface area contributed by atoms with Crippen molar-refractivity contribution in [2.75, 3.05) is 12.3 Å². The molecular formula is C10H19N5O2. The molecule has 0 atom stereocenters. The number of alkyl carbamates (subject to hydrolysis) is 1. The van der Waals surface area contributed by atoms with Crippen LogP contribution in [0.3, 0.4) is 0 Å². The van der Waals surface area contributed by atoms with Gasteiger partial charge in [-0.1, -0.05) is 0 Å². The summed E-state index contributed by atoms with van der Waals surface area (Å²) in [7, 11) is 0. The van der Waals surface area contributed by atoms with E-state index in [9.17, 15) is 4.79 Å². The van der Waals surface area contributed by atoms with E-state index in [2.05, 4.69) is 20.5 Å². The number of hydrogen-bond acceptors (Lipinski definition) is 5. The van der Waals surface area contributed by atoms with E-state index in [1.54, 1.807) is 0 Å². The number of rotatable bonds is 4. The lowest BCUT2D eigenvalue weighted by molar-refractivity contribution is 0.0527. The van der Waals surface area contributed by atoms with Gasteiger partial charge >= 0.3 is 6.09 Å². The standard InChI is InChI=1S/C10H19N5O2/c1-10(2,3)17-9(16)12-6-4-5-7-13-8(11)15-14-7/h4-6H2,1-3H3,(H,12,16)(H3,11,13,14,15). The maximum atomic E-state index is 11.3. The average Bonchev–Trinajstić information content (AvgIpc) is 2.56. The van der Waals surface area contributed by atoms with Gasteiger partial charge in [-0.05, 0) is 27.2 Å². The van der Waals surface area contributed by atoms with Crippen molar-refractivity contribution in [2.45, 2.75) is 39.2 Å². The third-order valence-electron chi connectivity index (χ3n) is 1.81. The minimum absolute atomic E-state index is 0.236. The largest absolute Gasteiger partial charge is 0.444 e. The molecule has 0 saturated heterocycles. The lowest BCUT2D eigenvalue weighted by atomic mass is 10.2. The molecule has 1 amide bonds. The number of hydrogen-bond donors (Lipinski definition) is 3. The van der Waals surface area contributed by atoms with Crippen LogP contribution in [0, 0.1) is 0 Å². The number of anilines is 1. The fourth-order valence-electron chi connectivity index (χ4n) is 1.18. The van der Waals surface area contributed by atoms with E-state index in [1.807, 2.05) is 20.8 Å². The Morgan fingerprint density at radius 1 is 1.53 bits per heavy atom. The quantitative estimate of drug-likeness (QED) is 0.677. The molecule has 0 aliphatic heterocycles. The Kier molecular flexibility index (Phi) is 4.30. The third kappa shape index (κ3) is 5.74. The van der Waals surface area contributed by atoms with Crippen molar-refractivity contribution < 1.29 is 9.53 Å². The van der Waals surface area contributed by atoms with E-state index < -0.39 is 11.7 Å². The second kappa shape index (κ2) is 5.51. The molecule has 1 rings (SSSR count). The number of aryl methyl sites for hydroxylation is 1. The fraction of sp³-hybridized carbons (Fsp3) is 0.700. The predicted octanol–water partition coefficient (Wildman–Crippen LogP) is 0.844. The zero-order valence-electron chi connectivity index (χ0n) is 10.4. The van der Waals surface area contributed by atoms with Crippen LogP contribution in [0.1, 0.15) is 33.0 Å². The minimum atomic E-state index is -0.469. The van der Waals surface area contributed by atoms with Gasteiger partial charge in [0.25, 0.3) is 0 Å². The molecule has 1 aromatic heterocycles. The summed E-state index contributed by atoms with van der Waals surface area (Å²) in [5.74, 6) is 0.952. The Bertz CT molecular complexity index is 369. The van der Waals surface area contributed by atoms with Crippen molar-refractivity contribution >= 4 is 12.0 Å². The molecule has 7 nitrogen and oxygen atoms in total. The number of H-pyrrole nitrogens is 1. The molecule has 0 fully saturated rings. The number of ether oxygens (including phenoxy) is 1. The summed E-state index contributed by atoms with van der Waals surface area (Å²) in [6.07, 6.45) is 1.02. The first-order valence-electron chi connectivity index (χ1n) is 5.50. The van der Waals surface area contributed by atoms with Crippen LogP contribution in [0.25, 0.3) is 0 Å². The monoisotopic (exact) mass is 241 g/mol. The molecule has 7 heteroatoms. The molecule has 0 aliphatic rings.